The lowest BCUT2D eigenvalue weighted by atomic mass is 9.85. The molecule has 1 saturated carbocycles. The van der Waals surface area contributed by atoms with E-state index in [0.717, 1.165) is 25.2 Å². The third kappa shape index (κ3) is 2.81. The summed E-state index contributed by atoms with van der Waals surface area (Å²) in [4.78, 5) is 10.3. The molecule has 1 aliphatic carbocycles. The lowest BCUT2D eigenvalue weighted by Crippen LogP contribution is -2.08. The lowest BCUT2D eigenvalue weighted by Gasteiger charge is -2.20. The average molecular weight is 224 g/mol. The van der Waals surface area contributed by atoms with Gasteiger partial charge in [0.25, 0.3) is 0 Å². The number of carboxylic acids is 1. The number of aryl methyl sites for hydroxylation is 1. The number of nitrogens with zero attached hydrogens (tertiary/aromatic N) is 2. The highest BCUT2D eigenvalue weighted by atomic mass is 16.4. The minimum atomic E-state index is -0.749. The Labute approximate surface area is 93.9 Å². The Kier molecular flexibility index (Phi) is 3.54. The molecule has 0 radical (unpaired) electrons. The molecule has 0 aliphatic heterocycles. The molecule has 0 spiro atoms. The monoisotopic (exact) mass is 224 g/mol. The number of aromatic nitrogens is 2. The summed E-state index contributed by atoms with van der Waals surface area (Å²) in [7, 11) is 0. The molecule has 1 aromatic rings. The summed E-state index contributed by atoms with van der Waals surface area (Å²) in [5.41, 5.74) is 0. The molecule has 5 nitrogen and oxygen atoms in total. The molecule has 2 rings (SSSR count). The smallest absolute Gasteiger partial charge is 0.303 e. The summed E-state index contributed by atoms with van der Waals surface area (Å²) < 4.78 is 5.52. The molecule has 16 heavy (non-hydrogen) atoms. The first-order chi connectivity index (χ1) is 7.75. The van der Waals surface area contributed by atoms with Gasteiger partial charge in [0.15, 0.2) is 0 Å². The molecule has 1 N–H and O–H groups in total. The van der Waals surface area contributed by atoms with Crippen LogP contribution in [-0.4, -0.2) is 21.3 Å². The zero-order valence-electron chi connectivity index (χ0n) is 9.19. The Morgan fingerprint density at radius 2 is 2.19 bits per heavy atom. The van der Waals surface area contributed by atoms with Crippen LogP contribution in [0.3, 0.4) is 0 Å². The van der Waals surface area contributed by atoms with E-state index in [4.69, 9.17) is 9.52 Å². The maximum Gasteiger partial charge on any atom is 0.303 e. The van der Waals surface area contributed by atoms with E-state index in [2.05, 4.69) is 10.2 Å². The first-order valence-electron chi connectivity index (χ1n) is 5.80. The molecule has 0 bridgehead atoms. The minimum Gasteiger partial charge on any atom is -0.481 e. The number of carboxylic acid groups (broad SMARTS) is 1. The van der Waals surface area contributed by atoms with Crippen LogP contribution in [0.15, 0.2) is 4.42 Å². The van der Waals surface area contributed by atoms with Gasteiger partial charge in [-0.1, -0.05) is 6.42 Å². The van der Waals surface area contributed by atoms with Crippen molar-refractivity contribution in [2.45, 2.75) is 50.9 Å². The van der Waals surface area contributed by atoms with E-state index in [0.29, 0.717) is 24.7 Å². The van der Waals surface area contributed by atoms with Gasteiger partial charge < -0.3 is 9.52 Å². The van der Waals surface area contributed by atoms with Crippen LogP contribution in [0.1, 0.15) is 56.2 Å². The molecule has 1 aliphatic rings. The third-order valence-electron chi connectivity index (χ3n) is 2.97. The molecule has 5 heteroatoms. The molecule has 0 unspecified atom stereocenters. The molecule has 0 amide bonds. The van der Waals surface area contributed by atoms with E-state index in [9.17, 15) is 4.79 Å². The van der Waals surface area contributed by atoms with Crippen LogP contribution in [0.25, 0.3) is 0 Å². The van der Waals surface area contributed by atoms with Crippen molar-refractivity contribution in [1.29, 1.82) is 0 Å². The Balaban J connectivity index is 1.72. The maximum atomic E-state index is 10.3. The maximum absolute atomic E-state index is 10.3. The van der Waals surface area contributed by atoms with Gasteiger partial charge in [-0.25, -0.2) is 0 Å². The first-order valence-corrected chi connectivity index (χ1v) is 5.80. The second-order valence-corrected chi connectivity index (χ2v) is 4.26. The Bertz CT molecular complexity index is 358. The highest BCUT2D eigenvalue weighted by Crippen LogP contribution is 2.35. The predicted molar refractivity (Wildman–Crippen MR) is 56.1 cm³/mol. The lowest BCUT2D eigenvalue weighted by molar-refractivity contribution is -0.137. The number of hydrogen-bond acceptors (Lipinski definition) is 4. The fraction of sp³-hybridized carbons (Fsp3) is 0.727. The van der Waals surface area contributed by atoms with Crippen molar-refractivity contribution in [3.63, 3.8) is 0 Å². The average Bonchev–Trinajstić information content (AvgIpc) is 2.58. The zero-order valence-corrected chi connectivity index (χ0v) is 9.19. The number of rotatable bonds is 6. The van der Waals surface area contributed by atoms with Crippen LogP contribution in [0, 0.1) is 0 Å². The standard InChI is InChI=1S/C11H16N2O3/c14-10(15)7-2-1-6-9-12-13-11(16-9)8-4-3-5-8/h8H,1-7H2,(H,14,15). The second-order valence-electron chi connectivity index (χ2n) is 4.26. The van der Waals surface area contributed by atoms with Crippen LogP contribution in [0.4, 0.5) is 0 Å². The highest BCUT2D eigenvalue weighted by molar-refractivity contribution is 5.66. The molecule has 0 aromatic carbocycles. The molecule has 1 heterocycles. The quantitative estimate of drug-likeness (QED) is 0.749. The SMILES string of the molecule is O=C(O)CCCCc1nnc(C2CCC2)o1. The van der Waals surface area contributed by atoms with E-state index in [1.54, 1.807) is 0 Å². The topological polar surface area (TPSA) is 76.2 Å². The largest absolute Gasteiger partial charge is 0.481 e. The fourth-order valence-corrected chi connectivity index (χ4v) is 1.74. The zero-order chi connectivity index (χ0) is 11.4. The predicted octanol–water partition coefficient (Wildman–Crippen LogP) is 2.13. The van der Waals surface area contributed by atoms with E-state index in [-0.39, 0.29) is 6.42 Å². The van der Waals surface area contributed by atoms with E-state index < -0.39 is 5.97 Å². The van der Waals surface area contributed by atoms with Gasteiger partial charge in [-0.05, 0) is 25.7 Å². The van der Waals surface area contributed by atoms with Gasteiger partial charge in [0.1, 0.15) is 0 Å². The van der Waals surface area contributed by atoms with Crippen molar-refractivity contribution in [3.8, 4) is 0 Å². The van der Waals surface area contributed by atoms with Gasteiger partial charge in [0.2, 0.25) is 11.8 Å². The van der Waals surface area contributed by atoms with E-state index in [1.807, 2.05) is 0 Å². The van der Waals surface area contributed by atoms with Gasteiger partial charge in [-0.3, -0.25) is 4.79 Å². The van der Waals surface area contributed by atoms with Gasteiger partial charge in [-0.2, -0.15) is 0 Å². The summed E-state index contributed by atoms with van der Waals surface area (Å²) in [6, 6.07) is 0. The Morgan fingerprint density at radius 3 is 2.81 bits per heavy atom. The van der Waals surface area contributed by atoms with Gasteiger partial charge in [-0.15, -0.1) is 10.2 Å². The van der Waals surface area contributed by atoms with Crippen molar-refractivity contribution < 1.29 is 14.3 Å². The molecule has 88 valence electrons. The van der Waals surface area contributed by atoms with Crippen molar-refractivity contribution in [2.24, 2.45) is 0 Å². The molecular formula is C11H16N2O3. The minimum absolute atomic E-state index is 0.212. The van der Waals surface area contributed by atoms with Crippen LogP contribution in [0.5, 0.6) is 0 Å². The molecular weight excluding hydrogens is 208 g/mol. The van der Waals surface area contributed by atoms with Gasteiger partial charge >= 0.3 is 5.97 Å². The molecule has 0 saturated heterocycles. The summed E-state index contributed by atoms with van der Waals surface area (Å²) in [6.07, 6.45) is 5.91. The first kappa shape index (κ1) is 11.1. The molecule has 0 atom stereocenters. The van der Waals surface area contributed by atoms with Crippen molar-refractivity contribution in [1.82, 2.24) is 10.2 Å². The number of unbranched alkanes of at least 4 members (excludes halogenated alkanes) is 1. The number of aliphatic carboxylic acids is 1. The fourth-order valence-electron chi connectivity index (χ4n) is 1.74. The van der Waals surface area contributed by atoms with Gasteiger partial charge in [0.05, 0.1) is 0 Å². The van der Waals surface area contributed by atoms with Crippen molar-refractivity contribution in [3.05, 3.63) is 11.8 Å². The number of carbonyl (C=O) groups is 1. The Hall–Kier alpha value is -1.39. The second kappa shape index (κ2) is 5.09. The highest BCUT2D eigenvalue weighted by Gasteiger charge is 2.24. The summed E-state index contributed by atoms with van der Waals surface area (Å²) in [5, 5.41) is 16.5. The van der Waals surface area contributed by atoms with Crippen LogP contribution in [0.2, 0.25) is 0 Å². The van der Waals surface area contributed by atoms with Crippen LogP contribution in [-0.2, 0) is 11.2 Å². The van der Waals surface area contributed by atoms with Crippen molar-refractivity contribution >= 4 is 5.97 Å². The summed E-state index contributed by atoms with van der Waals surface area (Å²) >= 11 is 0. The van der Waals surface area contributed by atoms with Crippen LogP contribution < -0.4 is 0 Å². The molecule has 1 aromatic heterocycles. The number of hydrogen-bond donors (Lipinski definition) is 1. The van der Waals surface area contributed by atoms with Crippen LogP contribution >= 0.6 is 0 Å². The summed E-state index contributed by atoms with van der Waals surface area (Å²) in [5.74, 6) is 1.13. The summed E-state index contributed by atoms with van der Waals surface area (Å²) in [6.45, 7) is 0. The van der Waals surface area contributed by atoms with E-state index in [1.165, 1.54) is 6.42 Å². The Morgan fingerprint density at radius 1 is 1.38 bits per heavy atom. The normalized spacial score (nSPS) is 16.0. The molecule has 1 fully saturated rings. The third-order valence-corrected chi connectivity index (χ3v) is 2.97. The van der Waals surface area contributed by atoms with Crippen molar-refractivity contribution in [2.75, 3.05) is 0 Å². The van der Waals surface area contributed by atoms with Gasteiger partial charge in [0, 0.05) is 18.8 Å². The van der Waals surface area contributed by atoms with E-state index >= 15 is 0 Å².